The van der Waals surface area contributed by atoms with E-state index in [-0.39, 0.29) is 0 Å². The molecule has 0 aromatic carbocycles. The van der Waals surface area contributed by atoms with Crippen molar-refractivity contribution in [2.45, 2.75) is 25.3 Å². The summed E-state index contributed by atoms with van der Waals surface area (Å²) in [4.78, 5) is 17.5. The lowest BCUT2D eigenvalue weighted by atomic mass is 10.1. The minimum absolute atomic E-state index is 0.406. The van der Waals surface area contributed by atoms with E-state index in [1.54, 1.807) is 17.9 Å². The highest BCUT2D eigenvalue weighted by molar-refractivity contribution is 6.30. The third-order valence-electron chi connectivity index (χ3n) is 3.14. The number of imidazole rings is 1. The molecule has 1 fully saturated rings. The number of aromatic nitrogens is 2. The molecule has 0 radical (unpaired) electrons. The van der Waals surface area contributed by atoms with Crippen molar-refractivity contribution in [3.05, 3.63) is 17.2 Å². The Morgan fingerprint density at radius 2 is 2.12 bits per heavy atom. The Morgan fingerprint density at radius 3 is 2.59 bits per heavy atom. The third-order valence-corrected chi connectivity index (χ3v) is 3.60. The molecule has 1 aromatic heterocycles. The molecule has 5 nitrogen and oxygen atoms in total. The molecular formula is C11H16ClN3O2. The monoisotopic (exact) mass is 257 g/mol. The summed E-state index contributed by atoms with van der Waals surface area (Å²) in [6.45, 7) is 1.59. The minimum Gasteiger partial charge on any atom is -0.480 e. The fraction of sp³-hybridized carbons (Fsp3) is 0.636. The summed E-state index contributed by atoms with van der Waals surface area (Å²) in [5.74, 6) is -0.882. The fourth-order valence-corrected chi connectivity index (χ4v) is 2.44. The number of aryl methyl sites for hydroxylation is 1. The first-order valence-electron chi connectivity index (χ1n) is 5.75. The predicted octanol–water partition coefficient (Wildman–Crippen LogP) is 1.69. The Kier molecular flexibility index (Phi) is 3.69. The van der Waals surface area contributed by atoms with Crippen molar-refractivity contribution < 1.29 is 9.90 Å². The number of likely N-dealkylation sites (tertiary alicyclic amines) is 1. The highest BCUT2D eigenvalue weighted by atomic mass is 35.5. The lowest BCUT2D eigenvalue weighted by molar-refractivity contribution is -0.144. The van der Waals surface area contributed by atoms with Crippen molar-refractivity contribution in [1.82, 2.24) is 14.5 Å². The molecule has 94 valence electrons. The van der Waals surface area contributed by atoms with Gasteiger partial charge in [-0.3, -0.25) is 9.69 Å². The summed E-state index contributed by atoms with van der Waals surface area (Å²) >= 11 is 6.08. The fourth-order valence-electron chi connectivity index (χ4n) is 2.24. The summed E-state index contributed by atoms with van der Waals surface area (Å²) in [5, 5.41) is 9.77. The molecule has 0 amide bonds. The van der Waals surface area contributed by atoms with Gasteiger partial charge in [0, 0.05) is 7.05 Å². The second kappa shape index (κ2) is 5.06. The molecule has 1 aliphatic rings. The van der Waals surface area contributed by atoms with Crippen molar-refractivity contribution in [2.24, 2.45) is 7.05 Å². The zero-order chi connectivity index (χ0) is 12.4. The smallest absolute Gasteiger partial charge is 0.327 e. The average molecular weight is 258 g/mol. The molecule has 1 N–H and O–H groups in total. The second-order valence-electron chi connectivity index (χ2n) is 4.37. The number of aliphatic carboxylic acids is 1. The van der Waals surface area contributed by atoms with Crippen LogP contribution in [0.1, 0.15) is 31.0 Å². The van der Waals surface area contributed by atoms with Crippen molar-refractivity contribution in [1.29, 1.82) is 0 Å². The number of carboxylic acids is 1. The molecule has 1 unspecified atom stereocenters. The number of halogens is 1. The first-order chi connectivity index (χ1) is 8.11. The number of nitrogens with zero attached hydrogens (tertiary/aromatic N) is 3. The first-order valence-corrected chi connectivity index (χ1v) is 6.12. The van der Waals surface area contributed by atoms with Gasteiger partial charge in [-0.1, -0.05) is 18.0 Å². The van der Waals surface area contributed by atoms with E-state index in [1.807, 2.05) is 4.90 Å². The Balaban J connectivity index is 2.28. The van der Waals surface area contributed by atoms with Crippen LogP contribution in [0.3, 0.4) is 0 Å². The van der Waals surface area contributed by atoms with Crippen LogP contribution in [-0.2, 0) is 11.8 Å². The van der Waals surface area contributed by atoms with Crippen molar-refractivity contribution in [3.8, 4) is 0 Å². The van der Waals surface area contributed by atoms with Gasteiger partial charge >= 0.3 is 5.97 Å². The Hall–Kier alpha value is -1.07. The van der Waals surface area contributed by atoms with Gasteiger partial charge in [-0.25, -0.2) is 4.98 Å². The zero-order valence-electron chi connectivity index (χ0n) is 9.77. The van der Waals surface area contributed by atoms with Gasteiger partial charge in [0.05, 0.1) is 6.33 Å². The number of piperidine rings is 1. The maximum absolute atomic E-state index is 11.4. The van der Waals surface area contributed by atoms with Gasteiger partial charge in [-0.05, 0) is 25.9 Å². The van der Waals surface area contributed by atoms with Crippen LogP contribution in [0.25, 0.3) is 0 Å². The summed E-state index contributed by atoms with van der Waals surface area (Å²) in [5.41, 5.74) is 0.448. The van der Waals surface area contributed by atoms with E-state index >= 15 is 0 Å². The number of hydrogen-bond acceptors (Lipinski definition) is 3. The van der Waals surface area contributed by atoms with E-state index in [4.69, 9.17) is 11.6 Å². The van der Waals surface area contributed by atoms with E-state index in [9.17, 15) is 9.90 Å². The summed E-state index contributed by atoms with van der Waals surface area (Å²) in [7, 11) is 1.76. The lowest BCUT2D eigenvalue weighted by Gasteiger charge is -2.31. The van der Waals surface area contributed by atoms with Crippen LogP contribution in [0.5, 0.6) is 0 Å². The summed E-state index contributed by atoms with van der Waals surface area (Å²) in [6.07, 6.45) is 4.79. The van der Waals surface area contributed by atoms with Gasteiger partial charge in [0.15, 0.2) is 6.04 Å². The normalized spacial score (nSPS) is 19.2. The molecule has 0 saturated carbocycles. The molecule has 2 heterocycles. The van der Waals surface area contributed by atoms with Crippen LogP contribution in [0, 0.1) is 0 Å². The van der Waals surface area contributed by atoms with Crippen molar-refractivity contribution in [3.63, 3.8) is 0 Å². The molecular weight excluding hydrogens is 242 g/mol. The number of hydrogen-bond donors (Lipinski definition) is 1. The lowest BCUT2D eigenvalue weighted by Crippen LogP contribution is -2.38. The van der Waals surface area contributed by atoms with Crippen molar-refractivity contribution in [2.75, 3.05) is 13.1 Å². The maximum atomic E-state index is 11.4. The number of rotatable bonds is 3. The van der Waals surface area contributed by atoms with Gasteiger partial charge in [0.1, 0.15) is 10.8 Å². The van der Waals surface area contributed by atoms with Crippen LogP contribution in [0.2, 0.25) is 5.15 Å². The van der Waals surface area contributed by atoms with Crippen LogP contribution < -0.4 is 0 Å². The van der Waals surface area contributed by atoms with Crippen LogP contribution in [0.15, 0.2) is 6.33 Å². The Bertz CT molecular complexity index is 413. The largest absolute Gasteiger partial charge is 0.480 e. The van der Waals surface area contributed by atoms with E-state index in [1.165, 1.54) is 6.42 Å². The molecule has 17 heavy (non-hydrogen) atoms. The van der Waals surface area contributed by atoms with Gasteiger partial charge in [-0.2, -0.15) is 0 Å². The van der Waals surface area contributed by atoms with Crippen LogP contribution in [-0.4, -0.2) is 38.6 Å². The van der Waals surface area contributed by atoms with Gasteiger partial charge < -0.3 is 9.67 Å². The van der Waals surface area contributed by atoms with Gasteiger partial charge in [-0.15, -0.1) is 0 Å². The minimum atomic E-state index is -0.882. The number of carbonyl (C=O) groups is 1. The molecule has 0 spiro atoms. The Morgan fingerprint density at radius 1 is 1.47 bits per heavy atom. The molecule has 1 saturated heterocycles. The molecule has 1 atom stereocenters. The molecule has 0 bridgehead atoms. The maximum Gasteiger partial charge on any atom is 0.327 e. The average Bonchev–Trinajstić information content (AvgIpc) is 2.63. The molecule has 6 heteroatoms. The number of carboxylic acid groups (broad SMARTS) is 1. The highest BCUT2D eigenvalue weighted by Crippen LogP contribution is 2.28. The van der Waals surface area contributed by atoms with E-state index in [0.717, 1.165) is 25.9 Å². The van der Waals surface area contributed by atoms with E-state index in [0.29, 0.717) is 10.8 Å². The van der Waals surface area contributed by atoms with Crippen molar-refractivity contribution >= 4 is 17.6 Å². The van der Waals surface area contributed by atoms with Crippen LogP contribution >= 0.6 is 11.6 Å². The Labute approximate surface area is 105 Å². The molecule has 0 aliphatic carbocycles. The van der Waals surface area contributed by atoms with E-state index in [2.05, 4.69) is 4.98 Å². The predicted molar refractivity (Wildman–Crippen MR) is 64.0 cm³/mol. The molecule has 1 aliphatic heterocycles. The zero-order valence-corrected chi connectivity index (χ0v) is 10.5. The summed E-state index contributed by atoms with van der Waals surface area (Å²) < 4.78 is 1.64. The molecule has 1 aromatic rings. The van der Waals surface area contributed by atoms with E-state index < -0.39 is 12.0 Å². The third kappa shape index (κ3) is 2.45. The quantitative estimate of drug-likeness (QED) is 0.895. The molecule has 2 rings (SSSR count). The van der Waals surface area contributed by atoms with Gasteiger partial charge in [0.2, 0.25) is 0 Å². The highest BCUT2D eigenvalue weighted by Gasteiger charge is 2.32. The standard InChI is InChI=1S/C11H16ClN3O2/c1-14-7-13-8(10(14)12)9(11(16)17)15-5-3-2-4-6-15/h7,9H,2-6H2,1H3,(H,16,17). The summed E-state index contributed by atoms with van der Waals surface area (Å²) in [6, 6.07) is -0.719. The van der Waals surface area contributed by atoms with Gasteiger partial charge in [0.25, 0.3) is 0 Å². The van der Waals surface area contributed by atoms with Crippen LogP contribution in [0.4, 0.5) is 0 Å². The first kappa shape index (κ1) is 12.4. The second-order valence-corrected chi connectivity index (χ2v) is 4.73. The topological polar surface area (TPSA) is 58.4 Å². The SMILES string of the molecule is Cn1cnc(C(C(=O)O)N2CCCCC2)c1Cl.